The van der Waals surface area contributed by atoms with Crippen molar-refractivity contribution in [1.29, 1.82) is 5.26 Å². The van der Waals surface area contributed by atoms with Crippen LogP contribution in [0.4, 0.5) is 17.3 Å². The largest absolute Gasteiger partial charge is 0.474 e. The summed E-state index contributed by atoms with van der Waals surface area (Å²) in [5.74, 6) is 1.07. The van der Waals surface area contributed by atoms with Crippen molar-refractivity contribution in [2.24, 2.45) is 0 Å². The van der Waals surface area contributed by atoms with Gasteiger partial charge in [0.15, 0.2) is 0 Å². The molecule has 0 radical (unpaired) electrons. The topological polar surface area (TPSA) is 125 Å². The molecule has 1 fully saturated rings. The molecule has 1 aromatic carbocycles. The second-order valence-corrected chi connectivity index (χ2v) is 9.69. The first-order chi connectivity index (χ1) is 17.4. The van der Waals surface area contributed by atoms with Gasteiger partial charge in [-0.25, -0.2) is 15.0 Å². The third-order valence-corrected chi connectivity index (χ3v) is 6.92. The lowest BCUT2D eigenvalue weighted by Gasteiger charge is -2.24. The summed E-state index contributed by atoms with van der Waals surface area (Å²) in [6.07, 6.45) is 3.54. The summed E-state index contributed by atoms with van der Waals surface area (Å²) >= 11 is 0. The molecule has 4 heterocycles. The Kier molecular flexibility index (Phi) is 6.48. The van der Waals surface area contributed by atoms with Gasteiger partial charge < -0.3 is 25.2 Å². The van der Waals surface area contributed by atoms with Crippen LogP contribution < -0.4 is 15.4 Å². The fraction of sp³-hybridized carbons (Fsp3) is 0.407. The summed E-state index contributed by atoms with van der Waals surface area (Å²) < 4.78 is 11.5. The van der Waals surface area contributed by atoms with Gasteiger partial charge in [0, 0.05) is 42.1 Å². The molecule has 0 amide bonds. The Morgan fingerprint density at radius 3 is 2.81 bits per heavy atom. The number of aliphatic hydroxyl groups excluding tert-OH is 1. The third-order valence-electron chi connectivity index (χ3n) is 6.92. The van der Waals surface area contributed by atoms with Crippen molar-refractivity contribution in [3.8, 4) is 23.2 Å². The number of pyridine rings is 1. The van der Waals surface area contributed by atoms with Gasteiger partial charge in [-0.3, -0.25) is 0 Å². The summed E-state index contributed by atoms with van der Waals surface area (Å²) in [5.41, 5.74) is 5.76. The predicted octanol–water partition coefficient (Wildman–Crippen LogP) is 4.00. The number of benzene rings is 1. The highest BCUT2D eigenvalue weighted by Gasteiger charge is 2.36. The lowest BCUT2D eigenvalue weighted by Crippen LogP contribution is -2.28. The van der Waals surface area contributed by atoms with Gasteiger partial charge in [-0.2, -0.15) is 5.26 Å². The molecule has 0 spiro atoms. The van der Waals surface area contributed by atoms with Crippen LogP contribution in [0.15, 0.2) is 30.5 Å². The minimum Gasteiger partial charge on any atom is -0.474 e. The molecule has 2 aliphatic rings. The summed E-state index contributed by atoms with van der Waals surface area (Å²) in [5, 5.41) is 26.3. The van der Waals surface area contributed by atoms with E-state index in [1.165, 1.54) is 0 Å². The molecule has 0 unspecified atom stereocenters. The van der Waals surface area contributed by atoms with Gasteiger partial charge in [-0.05, 0) is 43.7 Å². The Morgan fingerprint density at radius 1 is 1.25 bits per heavy atom. The zero-order valence-electron chi connectivity index (χ0n) is 20.8. The van der Waals surface area contributed by atoms with E-state index in [1.54, 1.807) is 6.20 Å². The van der Waals surface area contributed by atoms with E-state index in [9.17, 15) is 10.4 Å². The molecule has 1 atom stereocenters. The highest BCUT2D eigenvalue weighted by atomic mass is 16.5. The van der Waals surface area contributed by atoms with Gasteiger partial charge in [0.1, 0.15) is 12.2 Å². The predicted molar refractivity (Wildman–Crippen MR) is 137 cm³/mol. The first-order valence-corrected chi connectivity index (χ1v) is 12.2. The number of hydrogen-bond acceptors (Lipinski definition) is 9. The number of rotatable bonds is 6. The van der Waals surface area contributed by atoms with Crippen LogP contribution in [0.3, 0.4) is 0 Å². The molecule has 186 valence electrons. The average molecular weight is 487 g/mol. The van der Waals surface area contributed by atoms with Crippen molar-refractivity contribution in [1.82, 2.24) is 15.0 Å². The lowest BCUT2D eigenvalue weighted by atomic mass is 9.83. The fourth-order valence-electron chi connectivity index (χ4n) is 4.65. The van der Waals surface area contributed by atoms with Crippen molar-refractivity contribution < 1.29 is 14.6 Å². The second kappa shape index (κ2) is 9.72. The SMILES string of the molecule is Cc1cc(Nc2nccc(-c3cc(C#N)c4c(c3)[C@@](C)(CO)CN4)n2)c(C)nc1OC1CCOCC1. The minimum absolute atomic E-state index is 0.0161. The number of aliphatic hydroxyl groups is 1. The van der Waals surface area contributed by atoms with E-state index in [0.29, 0.717) is 42.8 Å². The Bertz CT molecular complexity index is 1330. The van der Waals surface area contributed by atoms with Crippen LogP contribution in [0.2, 0.25) is 0 Å². The minimum atomic E-state index is -0.459. The maximum Gasteiger partial charge on any atom is 0.227 e. The van der Waals surface area contributed by atoms with Crippen LogP contribution in [-0.4, -0.2) is 52.5 Å². The molecule has 2 aliphatic heterocycles. The maximum absolute atomic E-state index is 9.99. The van der Waals surface area contributed by atoms with Crippen molar-refractivity contribution >= 4 is 17.3 Å². The number of fused-ring (bicyclic) bond motifs is 1. The maximum atomic E-state index is 9.99. The van der Waals surface area contributed by atoms with Crippen molar-refractivity contribution in [2.75, 3.05) is 37.0 Å². The average Bonchev–Trinajstić information content (AvgIpc) is 3.24. The molecule has 0 aliphatic carbocycles. The van der Waals surface area contributed by atoms with Crippen molar-refractivity contribution in [3.63, 3.8) is 0 Å². The lowest BCUT2D eigenvalue weighted by molar-refractivity contribution is 0.0234. The van der Waals surface area contributed by atoms with Crippen LogP contribution >= 0.6 is 0 Å². The highest BCUT2D eigenvalue weighted by molar-refractivity contribution is 5.76. The monoisotopic (exact) mass is 486 g/mol. The van der Waals surface area contributed by atoms with Crippen LogP contribution in [0, 0.1) is 25.2 Å². The molecule has 9 heteroatoms. The van der Waals surface area contributed by atoms with E-state index >= 15 is 0 Å². The molecule has 3 aromatic rings. The Hall–Kier alpha value is -3.74. The van der Waals surface area contributed by atoms with E-state index in [-0.39, 0.29) is 12.7 Å². The van der Waals surface area contributed by atoms with Crippen LogP contribution in [0.25, 0.3) is 11.3 Å². The molecule has 0 bridgehead atoms. The fourth-order valence-corrected chi connectivity index (χ4v) is 4.65. The van der Waals surface area contributed by atoms with Gasteiger partial charge >= 0.3 is 0 Å². The summed E-state index contributed by atoms with van der Waals surface area (Å²) in [6.45, 7) is 7.87. The van der Waals surface area contributed by atoms with Gasteiger partial charge in [0.2, 0.25) is 11.8 Å². The van der Waals surface area contributed by atoms with E-state index in [2.05, 4.69) is 26.7 Å². The molecule has 1 saturated heterocycles. The van der Waals surface area contributed by atoms with Crippen molar-refractivity contribution in [2.45, 2.75) is 45.1 Å². The van der Waals surface area contributed by atoms with Gasteiger partial charge in [-0.15, -0.1) is 0 Å². The van der Waals surface area contributed by atoms with Crippen LogP contribution in [0.5, 0.6) is 5.88 Å². The molecule has 36 heavy (non-hydrogen) atoms. The van der Waals surface area contributed by atoms with E-state index in [0.717, 1.165) is 46.6 Å². The van der Waals surface area contributed by atoms with Gasteiger partial charge in [0.05, 0.1) is 48.1 Å². The number of ether oxygens (including phenoxy) is 2. The highest BCUT2D eigenvalue weighted by Crippen LogP contribution is 2.41. The van der Waals surface area contributed by atoms with E-state index < -0.39 is 5.41 Å². The second-order valence-electron chi connectivity index (χ2n) is 9.69. The molecule has 9 nitrogen and oxygen atoms in total. The Morgan fingerprint density at radius 2 is 2.06 bits per heavy atom. The standard InChI is InChI=1S/C27H30N6O3/c1-16-10-23(17(2)31-25(16)36-20-5-8-35-9-6-20)33-26-29-7-4-22(32-26)18-11-19(13-28)24-21(12-18)27(3,15-34)14-30-24/h4,7,10-12,20,30,34H,5-6,8-9,14-15H2,1-3H3,(H,29,32,33)/t27-/m1/s1. The van der Waals surface area contributed by atoms with Crippen LogP contribution in [-0.2, 0) is 10.2 Å². The number of aromatic nitrogens is 3. The number of nitrogens with one attached hydrogen (secondary N) is 2. The van der Waals surface area contributed by atoms with Gasteiger partial charge in [-0.1, -0.05) is 6.92 Å². The quantitative estimate of drug-likeness (QED) is 0.474. The summed E-state index contributed by atoms with van der Waals surface area (Å²) in [7, 11) is 0. The molecule has 3 N–H and O–H groups in total. The van der Waals surface area contributed by atoms with Crippen LogP contribution in [0.1, 0.15) is 42.1 Å². The Balaban J connectivity index is 1.41. The van der Waals surface area contributed by atoms with Crippen molar-refractivity contribution in [3.05, 3.63) is 52.8 Å². The first-order valence-electron chi connectivity index (χ1n) is 12.2. The number of nitrogens with zero attached hydrogens (tertiary/aromatic N) is 4. The summed E-state index contributed by atoms with van der Waals surface area (Å²) in [6, 6.07) is 9.90. The Labute approximate surface area is 210 Å². The zero-order chi connectivity index (χ0) is 25.3. The molecule has 5 rings (SSSR count). The number of hydrogen-bond donors (Lipinski definition) is 3. The van der Waals surface area contributed by atoms with E-state index in [1.807, 2.05) is 45.0 Å². The zero-order valence-corrected chi connectivity index (χ0v) is 20.8. The van der Waals surface area contributed by atoms with Gasteiger partial charge in [0.25, 0.3) is 0 Å². The number of anilines is 3. The number of aryl methyl sites for hydroxylation is 2. The smallest absolute Gasteiger partial charge is 0.227 e. The molecular formula is C27H30N6O3. The van der Waals surface area contributed by atoms with E-state index in [4.69, 9.17) is 14.5 Å². The normalized spacial score (nSPS) is 19.3. The summed E-state index contributed by atoms with van der Waals surface area (Å²) in [4.78, 5) is 13.8. The molecular weight excluding hydrogens is 456 g/mol. The molecule has 2 aromatic heterocycles. The number of nitriles is 1. The third kappa shape index (κ3) is 4.57. The molecule has 0 saturated carbocycles. The first kappa shape index (κ1) is 24.0.